The number of thiazole rings is 1. The molecular weight excluding hydrogens is 324 g/mol. The number of hydrogen-bond donors (Lipinski definition) is 1. The van der Waals surface area contributed by atoms with E-state index < -0.39 is 0 Å². The highest BCUT2D eigenvalue weighted by molar-refractivity contribution is 7.09. The van der Waals surface area contributed by atoms with Gasteiger partial charge in [0.15, 0.2) is 5.96 Å². The predicted octanol–water partition coefficient (Wildman–Crippen LogP) is 2.26. The summed E-state index contributed by atoms with van der Waals surface area (Å²) >= 11 is 1.69. The zero-order valence-corrected chi connectivity index (χ0v) is 16.2. The van der Waals surface area contributed by atoms with Crippen LogP contribution < -0.4 is 5.32 Å². The zero-order valence-electron chi connectivity index (χ0n) is 15.4. The number of nitrogens with zero attached hydrogens (tertiary/aromatic N) is 3. The highest BCUT2D eigenvalue weighted by Crippen LogP contribution is 2.26. The summed E-state index contributed by atoms with van der Waals surface area (Å²) in [5, 5.41) is 6.58. The molecule has 0 amide bonds. The number of likely N-dealkylation sites (tertiary alicyclic amines) is 1. The first-order valence-corrected chi connectivity index (χ1v) is 9.12. The summed E-state index contributed by atoms with van der Waals surface area (Å²) in [6, 6.07) is 0. The lowest BCUT2D eigenvalue weighted by Crippen LogP contribution is -2.40. The topological polar surface area (TPSA) is 66.8 Å². The number of aliphatic imine (C=N–C) groups is 1. The Labute approximate surface area is 148 Å². The number of rotatable bonds is 3. The Morgan fingerprint density at radius 2 is 2.21 bits per heavy atom. The van der Waals surface area contributed by atoms with E-state index in [1.54, 1.807) is 18.4 Å². The third-order valence-electron chi connectivity index (χ3n) is 4.25. The Hall–Kier alpha value is -1.63. The number of nitrogens with one attached hydrogen (secondary N) is 1. The van der Waals surface area contributed by atoms with Crippen molar-refractivity contribution in [2.75, 3.05) is 27.2 Å². The largest absolute Gasteiger partial charge is 0.469 e. The maximum atomic E-state index is 11.8. The number of aromatic nitrogens is 1. The lowest BCUT2D eigenvalue weighted by molar-refractivity contribution is -0.145. The van der Waals surface area contributed by atoms with Crippen molar-refractivity contribution in [3.8, 4) is 0 Å². The molecule has 1 aliphatic heterocycles. The van der Waals surface area contributed by atoms with Gasteiger partial charge in [0, 0.05) is 30.9 Å². The molecule has 6 nitrogen and oxygen atoms in total. The molecule has 0 bridgehead atoms. The van der Waals surface area contributed by atoms with Crippen molar-refractivity contribution in [3.63, 3.8) is 0 Å². The van der Waals surface area contributed by atoms with E-state index in [-0.39, 0.29) is 23.2 Å². The van der Waals surface area contributed by atoms with E-state index in [1.807, 2.05) is 0 Å². The number of carbonyl (C=O) groups excluding carboxylic acids is 1. The molecule has 0 radical (unpaired) electrons. The van der Waals surface area contributed by atoms with Crippen molar-refractivity contribution < 1.29 is 9.53 Å². The van der Waals surface area contributed by atoms with Gasteiger partial charge in [-0.2, -0.15) is 0 Å². The Morgan fingerprint density at radius 3 is 2.75 bits per heavy atom. The van der Waals surface area contributed by atoms with Crippen LogP contribution in [0.4, 0.5) is 0 Å². The molecule has 0 spiro atoms. The van der Waals surface area contributed by atoms with Crippen LogP contribution in [0.25, 0.3) is 0 Å². The normalized spacial score (nSPS) is 21.9. The van der Waals surface area contributed by atoms with Gasteiger partial charge in [0.05, 0.1) is 30.3 Å². The molecule has 134 valence electrons. The minimum atomic E-state index is -0.144. The molecule has 2 atom stereocenters. The summed E-state index contributed by atoms with van der Waals surface area (Å²) < 4.78 is 4.90. The van der Waals surface area contributed by atoms with Gasteiger partial charge in [-0.15, -0.1) is 11.3 Å². The van der Waals surface area contributed by atoms with Crippen LogP contribution >= 0.6 is 11.3 Å². The highest BCUT2D eigenvalue weighted by atomic mass is 32.1. The number of hydrogen-bond acceptors (Lipinski definition) is 5. The first kappa shape index (κ1) is 18.7. The molecule has 0 aliphatic carbocycles. The first-order chi connectivity index (χ1) is 11.3. The molecule has 2 rings (SSSR count). The molecule has 1 saturated heterocycles. The van der Waals surface area contributed by atoms with Gasteiger partial charge in [0.25, 0.3) is 0 Å². The molecule has 1 aromatic rings. The highest BCUT2D eigenvalue weighted by Gasteiger charge is 2.36. The van der Waals surface area contributed by atoms with E-state index in [4.69, 9.17) is 9.72 Å². The van der Waals surface area contributed by atoms with Crippen LogP contribution in [0.5, 0.6) is 0 Å². The minimum Gasteiger partial charge on any atom is -0.469 e. The second kappa shape index (κ2) is 7.51. The molecular formula is C17H28N4O2S. The van der Waals surface area contributed by atoms with Crippen LogP contribution in [0.15, 0.2) is 10.4 Å². The van der Waals surface area contributed by atoms with Gasteiger partial charge in [0.1, 0.15) is 0 Å². The van der Waals surface area contributed by atoms with Crippen LogP contribution in [0.1, 0.15) is 38.4 Å². The SMILES string of the molecule is CN=C(NCc1csc(C(C)(C)C)n1)N1CC(C)C(C(=O)OC)C1. The monoisotopic (exact) mass is 352 g/mol. The van der Waals surface area contributed by atoms with Crippen molar-refractivity contribution in [1.29, 1.82) is 0 Å². The maximum Gasteiger partial charge on any atom is 0.310 e. The van der Waals surface area contributed by atoms with E-state index in [0.717, 1.165) is 23.2 Å². The van der Waals surface area contributed by atoms with Crippen LogP contribution in [0, 0.1) is 11.8 Å². The summed E-state index contributed by atoms with van der Waals surface area (Å²) in [6.07, 6.45) is 0. The third kappa shape index (κ3) is 4.26. The van der Waals surface area contributed by atoms with Crippen LogP contribution in [-0.4, -0.2) is 49.1 Å². The zero-order chi connectivity index (χ0) is 17.9. The van der Waals surface area contributed by atoms with Crippen molar-refractivity contribution >= 4 is 23.3 Å². The van der Waals surface area contributed by atoms with Crippen molar-refractivity contribution in [2.24, 2.45) is 16.8 Å². The first-order valence-electron chi connectivity index (χ1n) is 8.24. The Balaban J connectivity index is 1.96. The summed E-state index contributed by atoms with van der Waals surface area (Å²) in [5.74, 6) is 0.816. The smallest absolute Gasteiger partial charge is 0.310 e. The van der Waals surface area contributed by atoms with Crippen molar-refractivity contribution in [1.82, 2.24) is 15.2 Å². The van der Waals surface area contributed by atoms with Gasteiger partial charge in [0.2, 0.25) is 0 Å². The van der Waals surface area contributed by atoms with Gasteiger partial charge in [-0.25, -0.2) is 4.98 Å². The fourth-order valence-electron chi connectivity index (χ4n) is 2.83. The number of esters is 1. The summed E-state index contributed by atoms with van der Waals surface area (Å²) in [6.45, 7) is 10.6. The molecule has 1 N–H and O–H groups in total. The van der Waals surface area contributed by atoms with Crippen LogP contribution in [0.2, 0.25) is 0 Å². The van der Waals surface area contributed by atoms with Gasteiger partial charge in [-0.05, 0) is 5.92 Å². The van der Waals surface area contributed by atoms with Crippen LogP contribution in [-0.2, 0) is 21.5 Å². The van der Waals surface area contributed by atoms with Gasteiger partial charge >= 0.3 is 5.97 Å². The molecule has 1 aliphatic rings. The van der Waals surface area contributed by atoms with E-state index in [2.05, 4.69) is 48.3 Å². The van der Waals surface area contributed by atoms with Crippen LogP contribution in [0.3, 0.4) is 0 Å². The van der Waals surface area contributed by atoms with Gasteiger partial charge < -0.3 is 15.0 Å². The van der Waals surface area contributed by atoms with E-state index in [9.17, 15) is 4.79 Å². The Kier molecular flexibility index (Phi) is 5.85. The van der Waals surface area contributed by atoms with Crippen molar-refractivity contribution in [3.05, 3.63) is 16.1 Å². The third-order valence-corrected chi connectivity index (χ3v) is 5.57. The number of ether oxygens (including phenoxy) is 1. The minimum absolute atomic E-state index is 0.0721. The Morgan fingerprint density at radius 1 is 1.50 bits per heavy atom. The lowest BCUT2D eigenvalue weighted by atomic mass is 9.98. The van der Waals surface area contributed by atoms with E-state index in [0.29, 0.717) is 13.1 Å². The quantitative estimate of drug-likeness (QED) is 0.513. The standard InChI is InChI=1S/C17H28N4O2S/c1-11-8-21(9-13(11)14(22)23-6)16(18-5)19-7-12-10-24-15(20-12)17(2,3)4/h10-11,13H,7-9H2,1-6H3,(H,18,19). The van der Waals surface area contributed by atoms with Gasteiger partial charge in [-0.1, -0.05) is 27.7 Å². The molecule has 1 aromatic heterocycles. The van der Waals surface area contributed by atoms with Gasteiger partial charge in [-0.3, -0.25) is 9.79 Å². The average molecular weight is 353 g/mol. The predicted molar refractivity (Wildman–Crippen MR) is 97.3 cm³/mol. The average Bonchev–Trinajstić information content (AvgIpc) is 3.14. The molecule has 0 aromatic carbocycles. The van der Waals surface area contributed by atoms with Crippen molar-refractivity contribution in [2.45, 2.75) is 39.7 Å². The lowest BCUT2D eigenvalue weighted by Gasteiger charge is -2.21. The number of methoxy groups -OCH3 is 1. The fourth-order valence-corrected chi connectivity index (χ4v) is 3.74. The van der Waals surface area contributed by atoms with E-state index >= 15 is 0 Å². The molecule has 2 unspecified atom stereocenters. The summed E-state index contributed by atoms with van der Waals surface area (Å²) in [5.41, 5.74) is 1.09. The molecule has 0 saturated carbocycles. The van der Waals surface area contributed by atoms with E-state index in [1.165, 1.54) is 7.11 Å². The molecule has 24 heavy (non-hydrogen) atoms. The molecule has 7 heteroatoms. The maximum absolute atomic E-state index is 11.8. The second-order valence-corrected chi connectivity index (χ2v) is 8.16. The summed E-state index contributed by atoms with van der Waals surface area (Å²) in [4.78, 5) is 23.0. The number of guanidine groups is 1. The second-order valence-electron chi connectivity index (χ2n) is 7.31. The molecule has 2 heterocycles. The fraction of sp³-hybridized carbons (Fsp3) is 0.706. The molecule has 1 fully saturated rings. The summed E-state index contributed by atoms with van der Waals surface area (Å²) in [7, 11) is 3.21. The Bertz CT molecular complexity index is 606. The number of carbonyl (C=O) groups is 1.